The molecule has 0 saturated carbocycles. The summed E-state index contributed by atoms with van der Waals surface area (Å²) < 4.78 is 10.6. The van der Waals surface area contributed by atoms with Crippen LogP contribution in [0.25, 0.3) is 0 Å². The highest BCUT2D eigenvalue weighted by atomic mass is 16.5. The zero-order valence-electron chi connectivity index (χ0n) is 11.8. The van der Waals surface area contributed by atoms with E-state index in [0.717, 1.165) is 32.5 Å². The number of carbonyl (C=O) groups excluding carboxylic acids is 1. The van der Waals surface area contributed by atoms with Crippen LogP contribution in [0.3, 0.4) is 0 Å². The van der Waals surface area contributed by atoms with Crippen LogP contribution in [0.2, 0.25) is 0 Å². The smallest absolute Gasteiger partial charge is 0.305 e. The summed E-state index contributed by atoms with van der Waals surface area (Å²) in [4.78, 5) is 24.8. The first-order chi connectivity index (χ1) is 9.66. The Morgan fingerprint density at radius 3 is 2.60 bits per heavy atom. The van der Waals surface area contributed by atoms with Crippen molar-refractivity contribution >= 4 is 11.9 Å². The number of carboxylic acid groups (broad SMARTS) is 1. The molecule has 1 N–H and O–H groups in total. The fourth-order valence-electron chi connectivity index (χ4n) is 2.86. The van der Waals surface area contributed by atoms with Crippen molar-refractivity contribution in [2.45, 2.75) is 38.1 Å². The van der Waals surface area contributed by atoms with Gasteiger partial charge in [-0.1, -0.05) is 0 Å². The lowest BCUT2D eigenvalue weighted by atomic mass is 9.94. The van der Waals surface area contributed by atoms with E-state index >= 15 is 0 Å². The molecule has 2 fully saturated rings. The Bertz CT molecular complexity index is 340. The number of carboxylic acids is 1. The van der Waals surface area contributed by atoms with Crippen molar-refractivity contribution in [3.05, 3.63) is 0 Å². The van der Waals surface area contributed by atoms with Gasteiger partial charge in [-0.15, -0.1) is 0 Å². The molecule has 2 aliphatic rings. The van der Waals surface area contributed by atoms with Crippen molar-refractivity contribution < 1.29 is 24.2 Å². The Morgan fingerprint density at radius 2 is 1.90 bits per heavy atom. The van der Waals surface area contributed by atoms with E-state index in [1.807, 2.05) is 0 Å². The molecule has 0 radical (unpaired) electrons. The van der Waals surface area contributed by atoms with Crippen LogP contribution >= 0.6 is 0 Å². The number of carbonyl (C=O) groups is 2. The fraction of sp³-hybridized carbons (Fsp3) is 0.857. The van der Waals surface area contributed by atoms with E-state index < -0.39 is 5.97 Å². The molecule has 114 valence electrons. The first-order valence-corrected chi connectivity index (χ1v) is 7.33. The van der Waals surface area contributed by atoms with Crippen molar-refractivity contribution in [3.8, 4) is 0 Å². The molecule has 0 aromatic rings. The second-order valence-corrected chi connectivity index (χ2v) is 5.51. The Morgan fingerprint density at radius 1 is 1.15 bits per heavy atom. The molecule has 0 aromatic heterocycles. The van der Waals surface area contributed by atoms with E-state index in [1.54, 1.807) is 4.90 Å². The standard InChI is InChI=1S/C14H23NO5/c16-13(2-1-11-3-6-19-7-4-11)15-5-8-20-10-12(15)9-14(17)18/h11-12H,1-10H2,(H,17,18). The van der Waals surface area contributed by atoms with E-state index in [9.17, 15) is 9.59 Å². The first-order valence-electron chi connectivity index (χ1n) is 7.33. The van der Waals surface area contributed by atoms with Crippen LogP contribution in [-0.4, -0.2) is 60.9 Å². The summed E-state index contributed by atoms with van der Waals surface area (Å²) in [7, 11) is 0. The van der Waals surface area contributed by atoms with Gasteiger partial charge in [0.1, 0.15) is 0 Å². The van der Waals surface area contributed by atoms with Crippen LogP contribution in [0.5, 0.6) is 0 Å². The lowest BCUT2D eigenvalue weighted by molar-refractivity contribution is -0.146. The fourth-order valence-corrected chi connectivity index (χ4v) is 2.86. The predicted octanol–water partition coefficient (Wildman–Crippen LogP) is 0.895. The molecule has 0 spiro atoms. The van der Waals surface area contributed by atoms with E-state index in [4.69, 9.17) is 14.6 Å². The number of hydrogen-bond donors (Lipinski definition) is 1. The molecule has 2 rings (SSSR count). The van der Waals surface area contributed by atoms with Gasteiger partial charge < -0.3 is 19.5 Å². The molecular formula is C14H23NO5. The lowest BCUT2D eigenvalue weighted by Gasteiger charge is -2.35. The van der Waals surface area contributed by atoms with Gasteiger partial charge in [-0.05, 0) is 25.2 Å². The number of rotatable bonds is 5. The third kappa shape index (κ3) is 4.45. The van der Waals surface area contributed by atoms with Crippen LogP contribution < -0.4 is 0 Å². The number of ether oxygens (including phenoxy) is 2. The van der Waals surface area contributed by atoms with E-state index in [0.29, 0.717) is 32.1 Å². The highest BCUT2D eigenvalue weighted by Gasteiger charge is 2.29. The predicted molar refractivity (Wildman–Crippen MR) is 71.3 cm³/mol. The van der Waals surface area contributed by atoms with Crippen LogP contribution in [0, 0.1) is 5.92 Å². The minimum atomic E-state index is -0.886. The zero-order chi connectivity index (χ0) is 14.4. The number of hydrogen-bond acceptors (Lipinski definition) is 4. The Hall–Kier alpha value is -1.14. The second-order valence-electron chi connectivity index (χ2n) is 5.51. The van der Waals surface area contributed by atoms with E-state index in [1.165, 1.54) is 0 Å². The van der Waals surface area contributed by atoms with Gasteiger partial charge in [-0.3, -0.25) is 9.59 Å². The van der Waals surface area contributed by atoms with Gasteiger partial charge in [0.15, 0.2) is 0 Å². The van der Waals surface area contributed by atoms with Crippen LogP contribution in [0.1, 0.15) is 32.1 Å². The summed E-state index contributed by atoms with van der Waals surface area (Å²) in [5, 5.41) is 8.89. The maximum Gasteiger partial charge on any atom is 0.305 e. The number of morpholine rings is 1. The van der Waals surface area contributed by atoms with Crippen molar-refractivity contribution in [3.63, 3.8) is 0 Å². The van der Waals surface area contributed by atoms with Gasteiger partial charge in [-0.25, -0.2) is 0 Å². The summed E-state index contributed by atoms with van der Waals surface area (Å²) in [6, 6.07) is -0.316. The molecule has 0 aliphatic carbocycles. The number of aliphatic carboxylic acids is 1. The molecule has 0 bridgehead atoms. The topological polar surface area (TPSA) is 76.1 Å². The number of nitrogens with zero attached hydrogens (tertiary/aromatic N) is 1. The molecule has 6 heteroatoms. The van der Waals surface area contributed by atoms with Crippen molar-refractivity contribution in [2.24, 2.45) is 5.92 Å². The zero-order valence-corrected chi connectivity index (χ0v) is 11.8. The van der Waals surface area contributed by atoms with Crippen molar-refractivity contribution in [1.29, 1.82) is 0 Å². The summed E-state index contributed by atoms with van der Waals surface area (Å²) in [6.07, 6.45) is 3.38. The second kappa shape index (κ2) is 7.59. The van der Waals surface area contributed by atoms with Gasteiger partial charge in [0.25, 0.3) is 0 Å². The molecule has 2 saturated heterocycles. The van der Waals surface area contributed by atoms with Crippen molar-refractivity contribution in [2.75, 3.05) is 33.0 Å². The minimum absolute atomic E-state index is 0.0387. The van der Waals surface area contributed by atoms with Crippen LogP contribution in [0.4, 0.5) is 0 Å². The van der Waals surface area contributed by atoms with E-state index in [-0.39, 0.29) is 18.4 Å². The van der Waals surface area contributed by atoms with Gasteiger partial charge in [0.2, 0.25) is 5.91 Å². The third-order valence-electron chi connectivity index (χ3n) is 4.07. The third-order valence-corrected chi connectivity index (χ3v) is 4.07. The molecular weight excluding hydrogens is 262 g/mol. The molecule has 1 unspecified atom stereocenters. The van der Waals surface area contributed by atoms with Gasteiger partial charge in [-0.2, -0.15) is 0 Å². The molecule has 0 aromatic carbocycles. The van der Waals surface area contributed by atoms with E-state index in [2.05, 4.69) is 0 Å². The largest absolute Gasteiger partial charge is 0.481 e. The summed E-state index contributed by atoms with van der Waals surface area (Å²) >= 11 is 0. The number of amides is 1. The Balaban J connectivity index is 1.80. The maximum atomic E-state index is 12.3. The minimum Gasteiger partial charge on any atom is -0.481 e. The normalized spacial score (nSPS) is 24.6. The Labute approximate surface area is 119 Å². The van der Waals surface area contributed by atoms with Gasteiger partial charge >= 0.3 is 5.97 Å². The lowest BCUT2D eigenvalue weighted by Crippen LogP contribution is -2.49. The molecule has 20 heavy (non-hydrogen) atoms. The maximum absolute atomic E-state index is 12.3. The monoisotopic (exact) mass is 285 g/mol. The Kier molecular flexibility index (Phi) is 5.79. The average molecular weight is 285 g/mol. The molecule has 1 atom stereocenters. The van der Waals surface area contributed by atoms with Crippen LogP contribution in [-0.2, 0) is 19.1 Å². The van der Waals surface area contributed by atoms with Gasteiger partial charge in [0.05, 0.1) is 25.7 Å². The molecule has 2 aliphatic heterocycles. The average Bonchev–Trinajstić information content (AvgIpc) is 2.46. The van der Waals surface area contributed by atoms with Gasteiger partial charge in [0, 0.05) is 26.2 Å². The first kappa shape index (κ1) is 15.3. The van der Waals surface area contributed by atoms with Crippen LogP contribution in [0.15, 0.2) is 0 Å². The summed E-state index contributed by atoms with van der Waals surface area (Å²) in [5.74, 6) is -0.263. The summed E-state index contributed by atoms with van der Waals surface area (Å²) in [5.41, 5.74) is 0. The molecule has 2 heterocycles. The summed E-state index contributed by atoms with van der Waals surface area (Å²) in [6.45, 7) is 2.91. The molecule has 1 amide bonds. The molecule has 6 nitrogen and oxygen atoms in total. The quantitative estimate of drug-likeness (QED) is 0.812. The highest BCUT2D eigenvalue weighted by Crippen LogP contribution is 2.21. The van der Waals surface area contributed by atoms with Crippen molar-refractivity contribution in [1.82, 2.24) is 4.90 Å². The highest BCUT2D eigenvalue weighted by molar-refractivity contribution is 5.77. The SMILES string of the molecule is O=C(O)CC1COCCN1C(=O)CCC1CCOCC1.